The molecule has 2 aromatic carbocycles. The average molecular weight is 391 g/mol. The maximum absolute atomic E-state index is 6.05. The molecule has 3 nitrogen and oxygen atoms in total. The quantitative estimate of drug-likeness (QED) is 0.403. The van der Waals surface area contributed by atoms with E-state index in [1.165, 1.54) is 11.1 Å². The van der Waals surface area contributed by atoms with Crippen LogP contribution in [0.3, 0.4) is 0 Å². The molecule has 3 heteroatoms. The molecule has 2 fully saturated rings. The first kappa shape index (κ1) is 20.1. The van der Waals surface area contributed by atoms with Gasteiger partial charge in [0.05, 0.1) is 38.6 Å². The van der Waals surface area contributed by atoms with Crippen LogP contribution in [0.5, 0.6) is 0 Å². The molecule has 0 bridgehead atoms. The topological polar surface area (TPSA) is 31.0 Å². The van der Waals surface area contributed by atoms with Crippen LogP contribution in [0.2, 0.25) is 0 Å². The van der Waals surface area contributed by atoms with Crippen LogP contribution < -0.4 is 0 Å². The summed E-state index contributed by atoms with van der Waals surface area (Å²) in [5, 5.41) is 0. The van der Waals surface area contributed by atoms with Gasteiger partial charge in [0.2, 0.25) is 0 Å². The Morgan fingerprint density at radius 1 is 0.793 bits per heavy atom. The molecule has 1 heterocycles. The summed E-state index contributed by atoms with van der Waals surface area (Å²) in [6.07, 6.45) is 12.6. The van der Waals surface area contributed by atoms with Crippen LogP contribution in [0, 0.1) is 5.41 Å². The van der Waals surface area contributed by atoms with E-state index in [1.807, 2.05) is 36.4 Å². The minimum atomic E-state index is 0.0683. The fraction of sp³-hybridized carbons (Fsp3) is 0.385. The van der Waals surface area contributed by atoms with Crippen molar-refractivity contribution in [3.8, 4) is 0 Å². The highest BCUT2D eigenvalue weighted by Crippen LogP contribution is 2.46. The van der Waals surface area contributed by atoms with Crippen molar-refractivity contribution in [3.05, 3.63) is 83.9 Å². The van der Waals surface area contributed by atoms with Crippen molar-refractivity contribution in [1.29, 1.82) is 0 Å². The van der Waals surface area contributed by atoms with Gasteiger partial charge < -0.3 is 14.2 Å². The molecule has 2 atom stereocenters. The van der Waals surface area contributed by atoms with Gasteiger partial charge in [-0.3, -0.25) is 0 Å². The van der Waals surface area contributed by atoms with Crippen LogP contribution >= 0.6 is 0 Å². The summed E-state index contributed by atoms with van der Waals surface area (Å²) >= 11 is 0. The zero-order valence-electron chi connectivity index (χ0n) is 16.9. The molecule has 152 valence electrons. The van der Waals surface area contributed by atoms with Crippen LogP contribution in [-0.4, -0.2) is 38.6 Å². The Labute approximate surface area is 174 Å². The third kappa shape index (κ3) is 6.14. The van der Waals surface area contributed by atoms with Crippen molar-refractivity contribution >= 4 is 12.2 Å². The number of epoxide rings is 1. The number of benzene rings is 2. The fourth-order valence-electron chi connectivity index (χ4n) is 4.08. The Hall–Kier alpha value is -2.20. The third-order valence-corrected chi connectivity index (χ3v) is 5.75. The molecule has 1 saturated carbocycles. The van der Waals surface area contributed by atoms with Gasteiger partial charge in [0.15, 0.2) is 0 Å². The zero-order chi connectivity index (χ0) is 19.8. The number of hydrogen-bond donors (Lipinski definition) is 0. The first-order chi connectivity index (χ1) is 14.3. The molecular weight excluding hydrogens is 360 g/mol. The van der Waals surface area contributed by atoms with E-state index in [4.69, 9.17) is 14.2 Å². The van der Waals surface area contributed by atoms with E-state index >= 15 is 0 Å². The largest absolute Gasteiger partial charge is 0.377 e. The third-order valence-electron chi connectivity index (χ3n) is 5.75. The van der Waals surface area contributed by atoms with Crippen molar-refractivity contribution in [2.45, 2.75) is 31.5 Å². The molecule has 4 rings (SSSR count). The van der Waals surface area contributed by atoms with Gasteiger partial charge in [0.25, 0.3) is 0 Å². The van der Waals surface area contributed by atoms with E-state index < -0.39 is 0 Å². The molecule has 0 N–H and O–H groups in total. The van der Waals surface area contributed by atoms with Gasteiger partial charge in [-0.15, -0.1) is 0 Å². The molecule has 1 saturated heterocycles. The number of ether oxygens (including phenoxy) is 3. The molecule has 0 spiro atoms. The molecule has 1 aliphatic carbocycles. The van der Waals surface area contributed by atoms with Crippen molar-refractivity contribution in [3.63, 3.8) is 0 Å². The van der Waals surface area contributed by atoms with Crippen LogP contribution in [0.1, 0.15) is 30.4 Å². The number of hydrogen-bond acceptors (Lipinski definition) is 3. The molecule has 0 radical (unpaired) electrons. The van der Waals surface area contributed by atoms with Gasteiger partial charge in [-0.2, -0.15) is 0 Å². The predicted molar refractivity (Wildman–Crippen MR) is 118 cm³/mol. The molecular formula is C26H30O3. The van der Waals surface area contributed by atoms with Crippen LogP contribution in [0.4, 0.5) is 0 Å². The monoisotopic (exact) mass is 390 g/mol. The Kier molecular flexibility index (Phi) is 6.94. The maximum atomic E-state index is 6.05. The fourth-order valence-corrected chi connectivity index (χ4v) is 4.08. The SMILES string of the molecule is C(=C\c1ccccc1)/COCC1(COC/C=C/c2ccccc2)CCC2OC2C1. The van der Waals surface area contributed by atoms with Gasteiger partial charge in [0.1, 0.15) is 0 Å². The average Bonchev–Trinajstić information content (AvgIpc) is 3.53. The summed E-state index contributed by atoms with van der Waals surface area (Å²) in [5.74, 6) is 0. The zero-order valence-corrected chi connectivity index (χ0v) is 16.9. The summed E-state index contributed by atoms with van der Waals surface area (Å²) in [5.41, 5.74) is 2.47. The summed E-state index contributed by atoms with van der Waals surface area (Å²) in [4.78, 5) is 0. The molecule has 2 aromatic rings. The van der Waals surface area contributed by atoms with E-state index in [1.54, 1.807) is 0 Å². The predicted octanol–water partition coefficient (Wildman–Crippen LogP) is 5.38. The Morgan fingerprint density at radius 3 is 1.86 bits per heavy atom. The highest BCUT2D eigenvalue weighted by molar-refractivity contribution is 5.49. The van der Waals surface area contributed by atoms with Gasteiger partial charge in [0, 0.05) is 5.41 Å². The molecule has 1 aliphatic heterocycles. The summed E-state index contributed by atoms with van der Waals surface area (Å²) in [6, 6.07) is 20.6. The van der Waals surface area contributed by atoms with Crippen molar-refractivity contribution in [2.24, 2.45) is 5.41 Å². The van der Waals surface area contributed by atoms with E-state index in [9.17, 15) is 0 Å². The molecule has 29 heavy (non-hydrogen) atoms. The lowest BCUT2D eigenvalue weighted by Gasteiger charge is -2.35. The molecule has 0 amide bonds. The number of fused-ring (bicyclic) bond motifs is 1. The van der Waals surface area contributed by atoms with Gasteiger partial charge in [-0.05, 0) is 30.4 Å². The molecule has 2 aliphatic rings. The van der Waals surface area contributed by atoms with Crippen molar-refractivity contribution in [1.82, 2.24) is 0 Å². The first-order valence-electron chi connectivity index (χ1n) is 10.6. The second kappa shape index (κ2) is 10.0. The van der Waals surface area contributed by atoms with E-state index in [2.05, 4.69) is 48.6 Å². The first-order valence-corrected chi connectivity index (χ1v) is 10.6. The van der Waals surface area contributed by atoms with E-state index in [0.717, 1.165) is 32.5 Å². The van der Waals surface area contributed by atoms with Crippen LogP contribution in [0.15, 0.2) is 72.8 Å². The summed E-state index contributed by atoms with van der Waals surface area (Å²) in [6.45, 7) is 2.70. The maximum Gasteiger partial charge on any atom is 0.0848 e. The summed E-state index contributed by atoms with van der Waals surface area (Å²) in [7, 11) is 0. The molecule has 2 unspecified atom stereocenters. The van der Waals surface area contributed by atoms with Crippen LogP contribution in [0.25, 0.3) is 12.2 Å². The van der Waals surface area contributed by atoms with Gasteiger partial charge in [-0.1, -0.05) is 85.0 Å². The Bertz CT molecular complexity index is 742. The highest BCUT2D eigenvalue weighted by Gasteiger charge is 2.50. The highest BCUT2D eigenvalue weighted by atomic mass is 16.6. The normalized spacial score (nSPS) is 22.8. The van der Waals surface area contributed by atoms with E-state index in [-0.39, 0.29) is 5.41 Å². The summed E-state index contributed by atoms with van der Waals surface area (Å²) < 4.78 is 17.9. The number of rotatable bonds is 10. The second-order valence-electron chi connectivity index (χ2n) is 8.11. The van der Waals surface area contributed by atoms with Gasteiger partial charge >= 0.3 is 0 Å². The lowest BCUT2D eigenvalue weighted by atomic mass is 9.75. The van der Waals surface area contributed by atoms with Crippen molar-refractivity contribution in [2.75, 3.05) is 26.4 Å². The van der Waals surface area contributed by atoms with Crippen LogP contribution in [-0.2, 0) is 14.2 Å². The lowest BCUT2D eigenvalue weighted by molar-refractivity contribution is -0.0262. The minimum absolute atomic E-state index is 0.0683. The Balaban J connectivity index is 1.23. The lowest BCUT2D eigenvalue weighted by Crippen LogP contribution is -2.37. The van der Waals surface area contributed by atoms with E-state index in [0.29, 0.717) is 25.4 Å². The molecule has 0 aromatic heterocycles. The van der Waals surface area contributed by atoms with Crippen molar-refractivity contribution < 1.29 is 14.2 Å². The van der Waals surface area contributed by atoms with Gasteiger partial charge in [-0.25, -0.2) is 0 Å². The smallest absolute Gasteiger partial charge is 0.0848 e. The standard InChI is InChI=1S/C26H30O3/c1-3-9-22(10-4-1)13-7-17-27-20-26(16-15-24-25(19-26)29-24)21-28-18-8-14-23-11-5-2-6-12-23/h1-14,24-25H,15-21H2/b13-7+,14-8+. The second-order valence-corrected chi connectivity index (χ2v) is 8.11. The Morgan fingerprint density at radius 2 is 1.34 bits per heavy atom. The minimum Gasteiger partial charge on any atom is -0.377 e.